The molecule has 3 fully saturated rings. The molecule has 3 aliphatic rings. The zero-order chi connectivity index (χ0) is 37.0. The molecule has 0 spiro atoms. The maximum absolute atomic E-state index is 15.9. The lowest BCUT2D eigenvalue weighted by molar-refractivity contribution is -0.129. The molecule has 1 aromatic heterocycles. The Kier molecular flexibility index (Phi) is 12.1. The number of nitrogens with one attached hydrogen (secondary N) is 2. The first kappa shape index (κ1) is 38.7. The fourth-order valence-electron chi connectivity index (χ4n) is 6.77. The fourth-order valence-corrected chi connectivity index (χ4v) is 8.39. The van der Waals surface area contributed by atoms with Crippen LogP contribution in [0.2, 0.25) is 5.15 Å². The molecule has 12 nitrogen and oxygen atoms in total. The van der Waals surface area contributed by atoms with Crippen molar-refractivity contribution in [1.82, 2.24) is 19.9 Å². The molecule has 2 N–H and O–H groups in total. The minimum absolute atomic E-state index is 0.0182. The number of hydrogen-bond acceptors (Lipinski definition) is 8. The van der Waals surface area contributed by atoms with Gasteiger partial charge in [0.15, 0.2) is 0 Å². The van der Waals surface area contributed by atoms with Crippen molar-refractivity contribution in [3.05, 3.63) is 47.1 Å². The van der Waals surface area contributed by atoms with Crippen LogP contribution in [0.1, 0.15) is 71.3 Å². The van der Waals surface area contributed by atoms with Crippen LogP contribution in [0.15, 0.2) is 41.3 Å². The molecule has 0 bridgehead atoms. The lowest BCUT2D eigenvalue weighted by Gasteiger charge is -2.36. The van der Waals surface area contributed by atoms with Crippen molar-refractivity contribution in [2.45, 2.75) is 82.1 Å². The van der Waals surface area contributed by atoms with Gasteiger partial charge >= 0.3 is 6.09 Å². The van der Waals surface area contributed by atoms with E-state index in [1.807, 2.05) is 0 Å². The minimum atomic E-state index is -3.81. The summed E-state index contributed by atoms with van der Waals surface area (Å²) >= 11 is 6.26. The van der Waals surface area contributed by atoms with Gasteiger partial charge in [-0.25, -0.2) is 27.0 Å². The molecule has 16 heteroatoms. The topological polar surface area (TPSA) is 141 Å². The molecule has 1 saturated carbocycles. The fraction of sp³-hybridized carbons (Fsp3) is 0.600. The highest BCUT2D eigenvalue weighted by atomic mass is 35.5. The second kappa shape index (κ2) is 16.0. The van der Waals surface area contributed by atoms with E-state index in [0.29, 0.717) is 51.0 Å². The van der Waals surface area contributed by atoms with E-state index in [0.717, 1.165) is 6.42 Å². The largest absolute Gasteiger partial charge is 0.444 e. The van der Waals surface area contributed by atoms with E-state index in [2.05, 4.69) is 15.6 Å². The van der Waals surface area contributed by atoms with E-state index in [4.69, 9.17) is 16.3 Å². The SMILES string of the molecule is CC(C)(C)OC(=O)NCCCNC(=O)[C@H]1CC[C@H](C(F)(F)c2cc(Cl)nc(N3CCN(S(=O)(=O)c4ccc(N5CCCC5=O)cc4)CC3)c2)CC1. The molecular formula is C35H47ClF2N6O6S. The summed E-state index contributed by atoms with van der Waals surface area (Å²) in [4.78, 5) is 44.3. The average Bonchev–Trinajstić information content (AvgIpc) is 3.52. The number of nitrogens with zero attached hydrogens (tertiary/aromatic N) is 4. The number of pyridine rings is 1. The Labute approximate surface area is 303 Å². The maximum Gasteiger partial charge on any atom is 0.407 e. The quantitative estimate of drug-likeness (QED) is 0.233. The van der Waals surface area contributed by atoms with Gasteiger partial charge in [-0.1, -0.05) is 11.6 Å². The second-order valence-corrected chi connectivity index (χ2v) is 16.6. The van der Waals surface area contributed by atoms with E-state index in [1.54, 1.807) is 42.7 Å². The van der Waals surface area contributed by atoms with Crippen molar-refractivity contribution >= 4 is 51.0 Å². The third kappa shape index (κ3) is 9.66. The van der Waals surface area contributed by atoms with Crippen molar-refractivity contribution < 1.29 is 36.3 Å². The van der Waals surface area contributed by atoms with Crippen LogP contribution in [-0.4, -0.2) is 87.0 Å². The van der Waals surface area contributed by atoms with Crippen LogP contribution in [0.5, 0.6) is 0 Å². The number of halogens is 3. The molecule has 3 amide bonds. The number of rotatable bonds is 11. The zero-order valence-corrected chi connectivity index (χ0v) is 30.9. The molecule has 0 unspecified atom stereocenters. The summed E-state index contributed by atoms with van der Waals surface area (Å²) in [7, 11) is -3.81. The number of piperazine rings is 1. The molecule has 2 aromatic rings. The predicted molar refractivity (Wildman–Crippen MR) is 189 cm³/mol. The van der Waals surface area contributed by atoms with Crippen molar-refractivity contribution in [2.24, 2.45) is 11.8 Å². The van der Waals surface area contributed by atoms with Crippen LogP contribution >= 0.6 is 11.6 Å². The van der Waals surface area contributed by atoms with Crippen LogP contribution < -0.4 is 20.4 Å². The standard InChI is InChI=1S/C35H47ClF2N6O6S/c1-34(2,3)50-33(47)40-16-5-15-39-32(46)24-7-9-25(10-8-24)35(37,38)26-22-29(36)41-30(23-26)42-18-20-43(21-19-42)51(48,49)28-13-11-27(12-14-28)44-17-4-6-31(44)45/h11-14,22-25H,4-10,15-21H2,1-3H3,(H,39,46)(H,40,47)/t24-,25-. The van der Waals surface area contributed by atoms with Crippen LogP contribution in [-0.2, 0) is 30.3 Å². The minimum Gasteiger partial charge on any atom is -0.444 e. The van der Waals surface area contributed by atoms with Gasteiger partial charge in [-0.3, -0.25) is 9.59 Å². The number of benzene rings is 1. The number of alkyl carbamates (subject to hydrolysis) is 1. The van der Waals surface area contributed by atoms with E-state index >= 15 is 8.78 Å². The summed E-state index contributed by atoms with van der Waals surface area (Å²) < 4.78 is 65.2. The third-order valence-corrected chi connectivity index (χ3v) is 11.6. The van der Waals surface area contributed by atoms with Gasteiger partial charge in [-0.2, -0.15) is 4.31 Å². The highest BCUT2D eigenvalue weighted by Gasteiger charge is 2.44. The smallest absolute Gasteiger partial charge is 0.407 e. The molecule has 2 saturated heterocycles. The number of carbonyl (C=O) groups excluding carboxylic acids is 3. The van der Waals surface area contributed by atoms with E-state index in [9.17, 15) is 22.8 Å². The number of sulfonamides is 1. The van der Waals surface area contributed by atoms with Gasteiger partial charge in [0.25, 0.3) is 5.92 Å². The van der Waals surface area contributed by atoms with Gasteiger partial charge in [0.05, 0.1) is 4.90 Å². The first-order valence-electron chi connectivity index (χ1n) is 17.5. The molecular weight excluding hydrogens is 706 g/mol. The highest BCUT2D eigenvalue weighted by Crippen LogP contribution is 2.46. The highest BCUT2D eigenvalue weighted by molar-refractivity contribution is 7.89. The number of aromatic nitrogens is 1. The predicted octanol–water partition coefficient (Wildman–Crippen LogP) is 5.30. The Bertz CT molecular complexity index is 1670. The summed E-state index contributed by atoms with van der Waals surface area (Å²) in [5.41, 5.74) is -0.191. The summed E-state index contributed by atoms with van der Waals surface area (Å²) in [6.07, 6.45) is 2.19. The van der Waals surface area contributed by atoms with Gasteiger partial charge in [-0.05, 0) is 95.7 Å². The van der Waals surface area contributed by atoms with Crippen molar-refractivity contribution in [3.63, 3.8) is 0 Å². The molecule has 5 rings (SSSR count). The monoisotopic (exact) mass is 752 g/mol. The van der Waals surface area contributed by atoms with Crippen LogP contribution in [0.25, 0.3) is 0 Å². The molecule has 0 radical (unpaired) electrons. The lowest BCUT2D eigenvalue weighted by atomic mass is 9.77. The molecule has 2 aliphatic heterocycles. The Morgan fingerprint density at radius 2 is 1.61 bits per heavy atom. The van der Waals surface area contributed by atoms with E-state index in [-0.39, 0.29) is 78.2 Å². The molecule has 1 aliphatic carbocycles. The Morgan fingerprint density at radius 1 is 0.961 bits per heavy atom. The number of ether oxygens (including phenoxy) is 1. The van der Waals surface area contributed by atoms with Crippen LogP contribution in [0.4, 0.5) is 25.1 Å². The summed E-state index contributed by atoms with van der Waals surface area (Å²) in [6, 6.07) is 8.80. The van der Waals surface area contributed by atoms with Gasteiger partial charge < -0.3 is 25.2 Å². The lowest BCUT2D eigenvalue weighted by Crippen LogP contribution is -2.49. The van der Waals surface area contributed by atoms with Gasteiger partial charge in [0.1, 0.15) is 16.6 Å². The zero-order valence-electron chi connectivity index (χ0n) is 29.3. The number of carbonyl (C=O) groups is 3. The molecule has 3 heterocycles. The first-order valence-corrected chi connectivity index (χ1v) is 19.3. The van der Waals surface area contributed by atoms with Gasteiger partial charge in [0.2, 0.25) is 21.8 Å². The molecule has 0 atom stereocenters. The van der Waals surface area contributed by atoms with Gasteiger partial charge in [0, 0.05) is 75.3 Å². The van der Waals surface area contributed by atoms with Crippen LogP contribution in [0.3, 0.4) is 0 Å². The maximum atomic E-state index is 15.9. The number of amides is 3. The Morgan fingerprint density at radius 3 is 2.22 bits per heavy atom. The van der Waals surface area contributed by atoms with Crippen molar-refractivity contribution in [2.75, 3.05) is 55.6 Å². The third-order valence-electron chi connectivity index (χ3n) is 9.52. The van der Waals surface area contributed by atoms with Gasteiger partial charge in [-0.15, -0.1) is 0 Å². The first-order chi connectivity index (χ1) is 24.0. The Hall–Kier alpha value is -3.56. The Balaban J connectivity index is 1.11. The summed E-state index contributed by atoms with van der Waals surface area (Å²) in [6.45, 7) is 7.31. The summed E-state index contributed by atoms with van der Waals surface area (Å²) in [5, 5.41) is 5.40. The van der Waals surface area contributed by atoms with Crippen molar-refractivity contribution in [1.29, 1.82) is 0 Å². The molecule has 1 aromatic carbocycles. The van der Waals surface area contributed by atoms with Crippen LogP contribution in [0, 0.1) is 11.8 Å². The van der Waals surface area contributed by atoms with Crippen molar-refractivity contribution in [3.8, 4) is 0 Å². The van der Waals surface area contributed by atoms with E-state index in [1.165, 1.54) is 28.6 Å². The average molecular weight is 753 g/mol. The van der Waals surface area contributed by atoms with E-state index < -0.39 is 33.6 Å². The normalized spacial score (nSPS) is 20.7. The number of hydrogen-bond donors (Lipinski definition) is 2. The second-order valence-electron chi connectivity index (χ2n) is 14.3. The number of alkyl halides is 2. The number of anilines is 2. The summed E-state index contributed by atoms with van der Waals surface area (Å²) in [5.74, 6) is -4.48. The molecule has 51 heavy (non-hydrogen) atoms. The molecule has 280 valence electrons.